The highest BCUT2D eigenvalue weighted by Gasteiger charge is 2.14. The first kappa shape index (κ1) is 10.7. The average Bonchev–Trinajstić information content (AvgIpc) is 2.86. The monoisotopic (exact) mass is 239 g/mol. The summed E-state index contributed by atoms with van der Waals surface area (Å²) in [6.07, 6.45) is 1.86. The Hall–Kier alpha value is -0.780. The second-order valence-corrected chi connectivity index (χ2v) is 5.52. The fourth-order valence-electron chi connectivity index (χ4n) is 1.39. The standard InChI is InChI=1S/C10H13N3S2/c1-6(2)9-7(3-11)15-10(13-9)8-4-12-5-14-8/h4-6H,3,11H2,1-2H3. The molecular weight excluding hydrogens is 226 g/mol. The van der Waals surface area contributed by atoms with Crippen molar-refractivity contribution in [3.63, 3.8) is 0 Å². The fraction of sp³-hybridized carbons (Fsp3) is 0.400. The van der Waals surface area contributed by atoms with Crippen molar-refractivity contribution >= 4 is 22.7 Å². The number of rotatable bonds is 3. The van der Waals surface area contributed by atoms with Crippen LogP contribution in [0, 0.1) is 0 Å². The minimum absolute atomic E-state index is 0.432. The second kappa shape index (κ2) is 4.38. The third kappa shape index (κ3) is 2.09. The molecule has 3 nitrogen and oxygen atoms in total. The summed E-state index contributed by atoms with van der Waals surface area (Å²) in [5, 5.41) is 1.04. The Bertz CT molecular complexity index is 431. The van der Waals surface area contributed by atoms with E-state index in [1.54, 1.807) is 22.7 Å². The number of nitrogens with zero attached hydrogens (tertiary/aromatic N) is 2. The fourth-order valence-corrected chi connectivity index (χ4v) is 3.16. The molecule has 80 valence electrons. The first-order valence-electron chi connectivity index (χ1n) is 4.81. The summed E-state index contributed by atoms with van der Waals surface area (Å²) in [6.45, 7) is 4.86. The van der Waals surface area contributed by atoms with Crippen molar-refractivity contribution in [3.05, 3.63) is 22.3 Å². The molecule has 2 rings (SSSR count). The molecule has 0 spiro atoms. The van der Waals surface area contributed by atoms with Gasteiger partial charge < -0.3 is 5.73 Å². The highest BCUT2D eigenvalue weighted by molar-refractivity contribution is 7.20. The molecule has 2 N–H and O–H groups in total. The summed E-state index contributed by atoms with van der Waals surface area (Å²) < 4.78 is 0. The number of nitrogens with two attached hydrogens (primary N) is 1. The Morgan fingerprint density at radius 3 is 2.73 bits per heavy atom. The molecule has 0 saturated carbocycles. The maximum absolute atomic E-state index is 5.71. The Morgan fingerprint density at radius 2 is 2.27 bits per heavy atom. The maximum Gasteiger partial charge on any atom is 0.135 e. The van der Waals surface area contributed by atoms with E-state index in [0.717, 1.165) is 15.6 Å². The molecule has 2 aromatic heterocycles. The Labute approximate surface area is 97.0 Å². The van der Waals surface area contributed by atoms with E-state index >= 15 is 0 Å². The van der Waals surface area contributed by atoms with E-state index in [2.05, 4.69) is 23.8 Å². The highest BCUT2D eigenvalue weighted by atomic mass is 32.1. The molecule has 0 aromatic carbocycles. The van der Waals surface area contributed by atoms with Gasteiger partial charge in [0.05, 0.1) is 16.1 Å². The van der Waals surface area contributed by atoms with Crippen molar-refractivity contribution < 1.29 is 0 Å². The minimum Gasteiger partial charge on any atom is -0.326 e. The summed E-state index contributed by atoms with van der Waals surface area (Å²) >= 11 is 3.30. The summed E-state index contributed by atoms with van der Waals surface area (Å²) in [4.78, 5) is 11.0. The highest BCUT2D eigenvalue weighted by Crippen LogP contribution is 2.32. The van der Waals surface area contributed by atoms with E-state index in [0.29, 0.717) is 12.5 Å². The van der Waals surface area contributed by atoms with Gasteiger partial charge in [0.1, 0.15) is 5.01 Å². The lowest BCUT2D eigenvalue weighted by atomic mass is 10.1. The lowest BCUT2D eigenvalue weighted by Crippen LogP contribution is -1.99. The molecule has 0 aliphatic rings. The second-order valence-electron chi connectivity index (χ2n) is 3.55. The van der Waals surface area contributed by atoms with Crippen LogP contribution in [0.1, 0.15) is 30.3 Å². The topological polar surface area (TPSA) is 51.8 Å². The van der Waals surface area contributed by atoms with Crippen LogP contribution in [0.3, 0.4) is 0 Å². The average molecular weight is 239 g/mol. The molecule has 0 fully saturated rings. The van der Waals surface area contributed by atoms with Gasteiger partial charge in [0, 0.05) is 17.6 Å². The van der Waals surface area contributed by atoms with Crippen molar-refractivity contribution in [1.29, 1.82) is 0 Å². The van der Waals surface area contributed by atoms with E-state index in [1.165, 1.54) is 4.88 Å². The zero-order chi connectivity index (χ0) is 10.8. The SMILES string of the molecule is CC(C)c1nc(-c2cncs2)sc1CN. The predicted octanol–water partition coefficient (Wildman–Crippen LogP) is 2.85. The van der Waals surface area contributed by atoms with Crippen molar-refractivity contribution in [2.45, 2.75) is 26.3 Å². The normalized spacial score (nSPS) is 11.2. The van der Waals surface area contributed by atoms with Gasteiger partial charge in [-0.2, -0.15) is 0 Å². The molecule has 0 unspecified atom stereocenters. The zero-order valence-electron chi connectivity index (χ0n) is 8.73. The summed E-state index contributed by atoms with van der Waals surface area (Å²) in [6, 6.07) is 0. The van der Waals surface area contributed by atoms with Crippen LogP contribution in [0.4, 0.5) is 0 Å². The molecule has 0 aliphatic carbocycles. The van der Waals surface area contributed by atoms with Crippen molar-refractivity contribution in [2.24, 2.45) is 5.73 Å². The van der Waals surface area contributed by atoms with Crippen LogP contribution in [0.5, 0.6) is 0 Å². The van der Waals surface area contributed by atoms with Crippen LogP contribution in [0.2, 0.25) is 0 Å². The van der Waals surface area contributed by atoms with Gasteiger partial charge in [0.15, 0.2) is 0 Å². The Morgan fingerprint density at radius 1 is 1.47 bits per heavy atom. The largest absolute Gasteiger partial charge is 0.326 e. The molecule has 2 aromatic rings. The van der Waals surface area contributed by atoms with Gasteiger partial charge in [-0.05, 0) is 5.92 Å². The number of hydrogen-bond acceptors (Lipinski definition) is 5. The first-order chi connectivity index (χ1) is 7.22. The van der Waals surface area contributed by atoms with E-state index < -0.39 is 0 Å². The van der Waals surface area contributed by atoms with Gasteiger partial charge in [0.25, 0.3) is 0 Å². The Kier molecular flexibility index (Phi) is 3.14. The van der Waals surface area contributed by atoms with Gasteiger partial charge in [0.2, 0.25) is 0 Å². The number of aromatic nitrogens is 2. The zero-order valence-corrected chi connectivity index (χ0v) is 10.4. The molecule has 2 heterocycles. The molecule has 0 aliphatic heterocycles. The van der Waals surface area contributed by atoms with Crippen LogP contribution in [0.25, 0.3) is 9.88 Å². The number of thiazole rings is 2. The van der Waals surface area contributed by atoms with Crippen LogP contribution in [-0.4, -0.2) is 9.97 Å². The van der Waals surface area contributed by atoms with Gasteiger partial charge in [-0.1, -0.05) is 13.8 Å². The van der Waals surface area contributed by atoms with Crippen LogP contribution in [0.15, 0.2) is 11.7 Å². The summed E-state index contributed by atoms with van der Waals surface area (Å²) in [5.74, 6) is 0.432. The maximum atomic E-state index is 5.71. The van der Waals surface area contributed by atoms with E-state index in [9.17, 15) is 0 Å². The predicted molar refractivity (Wildman–Crippen MR) is 65.2 cm³/mol. The smallest absolute Gasteiger partial charge is 0.135 e. The molecule has 0 saturated heterocycles. The lowest BCUT2D eigenvalue weighted by Gasteiger charge is -2.01. The molecule has 5 heteroatoms. The third-order valence-corrected chi connectivity index (χ3v) is 4.14. The molecular formula is C10H13N3S2. The molecule has 0 atom stereocenters. The lowest BCUT2D eigenvalue weighted by molar-refractivity contribution is 0.814. The van der Waals surface area contributed by atoms with Crippen molar-refractivity contribution in [2.75, 3.05) is 0 Å². The van der Waals surface area contributed by atoms with Gasteiger partial charge in [-0.25, -0.2) is 4.98 Å². The summed E-state index contributed by atoms with van der Waals surface area (Å²) in [7, 11) is 0. The minimum atomic E-state index is 0.432. The molecule has 15 heavy (non-hydrogen) atoms. The van der Waals surface area contributed by atoms with Crippen molar-refractivity contribution in [1.82, 2.24) is 9.97 Å². The molecule has 0 bridgehead atoms. The number of hydrogen-bond donors (Lipinski definition) is 1. The molecule has 0 amide bonds. The van der Waals surface area contributed by atoms with Gasteiger partial charge in [-0.15, -0.1) is 22.7 Å². The van der Waals surface area contributed by atoms with Crippen LogP contribution in [-0.2, 0) is 6.54 Å². The molecule has 0 radical (unpaired) electrons. The third-order valence-electron chi connectivity index (χ3n) is 2.10. The van der Waals surface area contributed by atoms with E-state index in [4.69, 9.17) is 5.73 Å². The van der Waals surface area contributed by atoms with Crippen molar-refractivity contribution in [3.8, 4) is 9.88 Å². The van der Waals surface area contributed by atoms with E-state index in [1.807, 2.05) is 11.7 Å². The van der Waals surface area contributed by atoms with E-state index in [-0.39, 0.29) is 0 Å². The van der Waals surface area contributed by atoms with Crippen LogP contribution >= 0.6 is 22.7 Å². The van der Waals surface area contributed by atoms with Gasteiger partial charge >= 0.3 is 0 Å². The Balaban J connectivity index is 2.43. The first-order valence-corrected chi connectivity index (χ1v) is 6.50. The van der Waals surface area contributed by atoms with Gasteiger partial charge in [-0.3, -0.25) is 4.98 Å². The van der Waals surface area contributed by atoms with Crippen LogP contribution < -0.4 is 5.73 Å². The quantitative estimate of drug-likeness (QED) is 0.896. The summed E-state index contributed by atoms with van der Waals surface area (Å²) in [5.41, 5.74) is 8.67.